The molecule has 3 nitrogen and oxygen atoms in total. The highest BCUT2D eigenvalue weighted by molar-refractivity contribution is 9.10. The molecule has 0 aliphatic carbocycles. The zero-order chi connectivity index (χ0) is 14.0. The number of benzene rings is 2. The van der Waals surface area contributed by atoms with Gasteiger partial charge in [0.1, 0.15) is 0 Å². The summed E-state index contributed by atoms with van der Waals surface area (Å²) in [5.74, 6) is -0.395. The lowest BCUT2D eigenvalue weighted by Crippen LogP contribution is -1.99. The molecule has 19 heavy (non-hydrogen) atoms. The number of hydrogen-bond donors (Lipinski definition) is 2. The minimum Gasteiger partial charge on any atom is -0.494 e. The van der Waals surface area contributed by atoms with E-state index in [2.05, 4.69) is 21.2 Å². The van der Waals surface area contributed by atoms with E-state index in [4.69, 9.17) is 22.1 Å². The van der Waals surface area contributed by atoms with Crippen LogP contribution in [-0.2, 0) is 0 Å². The molecule has 0 radical (unpaired) electrons. The number of nitrogens with one attached hydrogen (secondary N) is 1. The monoisotopic (exact) mass is 344 g/mol. The third-order valence-corrected chi connectivity index (χ3v) is 3.34. The Kier molecular flexibility index (Phi) is 4.17. The van der Waals surface area contributed by atoms with Crippen LogP contribution >= 0.6 is 27.5 Å². The molecular weight excluding hydrogens is 335 g/mol. The van der Waals surface area contributed by atoms with Gasteiger partial charge in [-0.25, -0.2) is 4.39 Å². The maximum absolute atomic E-state index is 13.4. The number of nitrogen functional groups attached to an aromatic ring is 1. The zero-order valence-electron chi connectivity index (χ0n) is 10.0. The van der Waals surface area contributed by atoms with Gasteiger partial charge in [-0.05, 0) is 18.2 Å². The first kappa shape index (κ1) is 14.0. The Morgan fingerprint density at radius 3 is 2.68 bits per heavy atom. The van der Waals surface area contributed by atoms with Gasteiger partial charge < -0.3 is 15.8 Å². The maximum Gasteiger partial charge on any atom is 0.167 e. The van der Waals surface area contributed by atoms with Crippen molar-refractivity contribution in [2.45, 2.75) is 0 Å². The molecule has 0 aliphatic heterocycles. The van der Waals surface area contributed by atoms with Gasteiger partial charge in [0.05, 0.1) is 29.2 Å². The molecular formula is C13H11BrClFN2O. The average Bonchev–Trinajstić information content (AvgIpc) is 2.37. The van der Waals surface area contributed by atoms with E-state index in [0.29, 0.717) is 16.4 Å². The van der Waals surface area contributed by atoms with Gasteiger partial charge in [0.25, 0.3) is 0 Å². The van der Waals surface area contributed by atoms with Crippen LogP contribution in [0.15, 0.2) is 34.8 Å². The first-order valence-corrected chi connectivity index (χ1v) is 6.53. The van der Waals surface area contributed by atoms with E-state index in [0.717, 1.165) is 4.47 Å². The van der Waals surface area contributed by atoms with Crippen molar-refractivity contribution in [1.29, 1.82) is 0 Å². The third-order valence-electron chi connectivity index (χ3n) is 2.52. The summed E-state index contributed by atoms with van der Waals surface area (Å²) in [5, 5.41) is 3.58. The van der Waals surface area contributed by atoms with Gasteiger partial charge in [-0.15, -0.1) is 0 Å². The van der Waals surface area contributed by atoms with Crippen molar-refractivity contribution in [2.75, 3.05) is 18.2 Å². The van der Waals surface area contributed by atoms with Crippen LogP contribution in [0.1, 0.15) is 0 Å². The van der Waals surface area contributed by atoms with E-state index in [-0.39, 0.29) is 11.4 Å². The van der Waals surface area contributed by atoms with Crippen LogP contribution in [-0.4, -0.2) is 7.11 Å². The fourth-order valence-corrected chi connectivity index (χ4v) is 2.10. The Labute approximate surface area is 123 Å². The molecule has 0 unspecified atom stereocenters. The van der Waals surface area contributed by atoms with Gasteiger partial charge >= 0.3 is 0 Å². The molecule has 0 aromatic heterocycles. The normalized spacial score (nSPS) is 10.3. The smallest absolute Gasteiger partial charge is 0.167 e. The predicted octanol–water partition coefficient (Wildman–Crippen LogP) is 4.58. The Hall–Kier alpha value is -1.46. The summed E-state index contributed by atoms with van der Waals surface area (Å²) in [5.41, 5.74) is 7.23. The summed E-state index contributed by atoms with van der Waals surface area (Å²) >= 11 is 9.43. The summed E-state index contributed by atoms with van der Waals surface area (Å²) < 4.78 is 19.2. The number of nitrogens with two attached hydrogens (primary N) is 1. The van der Waals surface area contributed by atoms with Crippen LogP contribution in [0.5, 0.6) is 5.75 Å². The van der Waals surface area contributed by atoms with E-state index in [9.17, 15) is 4.39 Å². The quantitative estimate of drug-likeness (QED) is 0.801. The number of hydrogen-bond acceptors (Lipinski definition) is 3. The van der Waals surface area contributed by atoms with Crippen LogP contribution < -0.4 is 15.8 Å². The Balaban J connectivity index is 2.40. The SMILES string of the molecule is COc1cc(Nc2cc(Br)ccc2Cl)c(N)cc1F. The van der Waals surface area contributed by atoms with E-state index in [1.807, 2.05) is 6.07 Å². The topological polar surface area (TPSA) is 47.3 Å². The Bertz CT molecular complexity index is 622. The van der Waals surface area contributed by atoms with E-state index in [1.165, 1.54) is 19.2 Å². The highest BCUT2D eigenvalue weighted by atomic mass is 79.9. The lowest BCUT2D eigenvalue weighted by atomic mass is 10.2. The summed E-state index contributed by atoms with van der Waals surface area (Å²) in [4.78, 5) is 0. The molecule has 2 aromatic rings. The highest BCUT2D eigenvalue weighted by Crippen LogP contribution is 2.34. The number of rotatable bonds is 3. The van der Waals surface area contributed by atoms with Gasteiger partial charge in [0.15, 0.2) is 11.6 Å². The average molecular weight is 346 g/mol. The second kappa shape index (κ2) is 5.67. The maximum atomic E-state index is 13.4. The summed E-state index contributed by atoms with van der Waals surface area (Å²) in [6, 6.07) is 8.06. The van der Waals surface area contributed by atoms with Crippen molar-refractivity contribution in [1.82, 2.24) is 0 Å². The third kappa shape index (κ3) is 3.11. The van der Waals surface area contributed by atoms with Crippen molar-refractivity contribution < 1.29 is 9.13 Å². The van der Waals surface area contributed by atoms with Crippen LogP contribution in [0.3, 0.4) is 0 Å². The predicted molar refractivity (Wildman–Crippen MR) is 79.8 cm³/mol. The summed E-state index contributed by atoms with van der Waals surface area (Å²) in [6.45, 7) is 0. The fourth-order valence-electron chi connectivity index (χ4n) is 1.57. The van der Waals surface area contributed by atoms with Crippen molar-refractivity contribution in [3.63, 3.8) is 0 Å². The van der Waals surface area contributed by atoms with E-state index in [1.54, 1.807) is 12.1 Å². The van der Waals surface area contributed by atoms with Gasteiger partial charge in [-0.2, -0.15) is 0 Å². The zero-order valence-corrected chi connectivity index (χ0v) is 12.3. The van der Waals surface area contributed by atoms with Crippen LogP contribution in [0.2, 0.25) is 5.02 Å². The lowest BCUT2D eigenvalue weighted by Gasteiger charge is -2.13. The van der Waals surface area contributed by atoms with Crippen molar-refractivity contribution in [2.24, 2.45) is 0 Å². The molecule has 0 spiro atoms. The molecule has 0 saturated heterocycles. The van der Waals surface area contributed by atoms with Gasteiger partial charge in [-0.1, -0.05) is 27.5 Å². The second-order valence-corrected chi connectivity index (χ2v) is 5.15. The molecule has 0 saturated carbocycles. The number of anilines is 3. The number of ether oxygens (including phenoxy) is 1. The minimum atomic E-state index is -0.508. The first-order chi connectivity index (χ1) is 9.01. The molecule has 0 atom stereocenters. The second-order valence-electron chi connectivity index (χ2n) is 3.82. The molecule has 3 N–H and O–H groups in total. The Morgan fingerprint density at radius 1 is 1.26 bits per heavy atom. The first-order valence-electron chi connectivity index (χ1n) is 5.36. The molecule has 0 aliphatic rings. The van der Waals surface area contributed by atoms with Gasteiger partial charge in [-0.3, -0.25) is 0 Å². The standard InChI is InChI=1S/C13H11BrClFN2O/c1-19-13-6-12(10(17)5-9(13)16)18-11-4-7(14)2-3-8(11)15/h2-6,18H,17H2,1H3. The Morgan fingerprint density at radius 2 is 2.00 bits per heavy atom. The van der Waals surface area contributed by atoms with Gasteiger partial charge in [0.2, 0.25) is 0 Å². The van der Waals surface area contributed by atoms with Gasteiger partial charge in [0, 0.05) is 16.6 Å². The van der Waals surface area contributed by atoms with Crippen molar-refractivity contribution in [3.05, 3.63) is 45.6 Å². The number of halogens is 3. The highest BCUT2D eigenvalue weighted by Gasteiger charge is 2.10. The van der Waals surface area contributed by atoms with Crippen molar-refractivity contribution in [3.8, 4) is 5.75 Å². The summed E-state index contributed by atoms with van der Waals surface area (Å²) in [6.07, 6.45) is 0. The van der Waals surface area contributed by atoms with Crippen LogP contribution in [0.25, 0.3) is 0 Å². The van der Waals surface area contributed by atoms with E-state index >= 15 is 0 Å². The fraction of sp³-hybridized carbons (Fsp3) is 0.0769. The molecule has 2 aromatic carbocycles. The summed E-state index contributed by atoms with van der Waals surface area (Å²) in [7, 11) is 1.39. The lowest BCUT2D eigenvalue weighted by molar-refractivity contribution is 0.387. The minimum absolute atomic E-state index is 0.114. The molecule has 6 heteroatoms. The van der Waals surface area contributed by atoms with E-state index < -0.39 is 5.82 Å². The molecule has 2 rings (SSSR count). The molecule has 100 valence electrons. The molecule has 0 heterocycles. The molecule has 0 fully saturated rings. The van der Waals surface area contributed by atoms with Crippen LogP contribution in [0, 0.1) is 5.82 Å². The molecule has 0 bridgehead atoms. The van der Waals surface area contributed by atoms with Crippen LogP contribution in [0.4, 0.5) is 21.5 Å². The molecule has 0 amide bonds. The van der Waals surface area contributed by atoms with Crippen molar-refractivity contribution >= 4 is 44.6 Å². The number of methoxy groups -OCH3 is 1. The largest absolute Gasteiger partial charge is 0.494 e.